The van der Waals surface area contributed by atoms with E-state index in [1.807, 2.05) is 6.07 Å². The largest absolute Gasteiger partial charge is 0.383 e. The normalized spacial score (nSPS) is 19.5. The van der Waals surface area contributed by atoms with E-state index in [0.29, 0.717) is 5.54 Å². The minimum atomic E-state index is 0.385. The number of para-hydroxylation sites is 1. The summed E-state index contributed by atoms with van der Waals surface area (Å²) >= 11 is 3.56. The Balaban J connectivity index is 1.82. The number of anilines is 1. The average Bonchev–Trinajstić information content (AvgIpc) is 2.61. The number of likely N-dealkylation sites (tertiary alicyclic amines) is 1. The summed E-state index contributed by atoms with van der Waals surface area (Å²) in [6.45, 7) is 8.06. The van der Waals surface area contributed by atoms with E-state index in [0.717, 1.165) is 17.6 Å². The van der Waals surface area contributed by atoms with Crippen LogP contribution in [0.5, 0.6) is 0 Å². The van der Waals surface area contributed by atoms with E-state index in [-0.39, 0.29) is 0 Å². The molecule has 94 valence electrons. The van der Waals surface area contributed by atoms with Crippen LogP contribution in [0.25, 0.3) is 0 Å². The predicted molar refractivity (Wildman–Crippen MR) is 77.5 cm³/mol. The van der Waals surface area contributed by atoms with Gasteiger partial charge in [-0.25, -0.2) is 0 Å². The van der Waals surface area contributed by atoms with E-state index in [1.54, 1.807) is 0 Å². The molecule has 1 aromatic rings. The van der Waals surface area contributed by atoms with Crippen LogP contribution in [0.1, 0.15) is 26.7 Å². The first kappa shape index (κ1) is 12.9. The van der Waals surface area contributed by atoms with Gasteiger partial charge in [0.15, 0.2) is 0 Å². The highest BCUT2D eigenvalue weighted by Crippen LogP contribution is 2.27. The van der Waals surface area contributed by atoms with Crippen molar-refractivity contribution in [2.24, 2.45) is 0 Å². The van der Waals surface area contributed by atoms with E-state index in [9.17, 15) is 0 Å². The Bertz CT molecular complexity index is 376. The van der Waals surface area contributed by atoms with E-state index < -0.39 is 0 Å². The fourth-order valence-corrected chi connectivity index (χ4v) is 2.93. The van der Waals surface area contributed by atoms with Crippen molar-refractivity contribution < 1.29 is 0 Å². The number of nitrogens with one attached hydrogen (secondary N) is 1. The summed E-state index contributed by atoms with van der Waals surface area (Å²) < 4.78 is 1.14. The number of rotatable bonds is 4. The molecular formula is C14H21BrN2. The lowest BCUT2D eigenvalue weighted by Gasteiger charge is -2.31. The Hall–Kier alpha value is -0.540. The maximum Gasteiger partial charge on any atom is 0.0485 e. The minimum absolute atomic E-state index is 0.385. The van der Waals surface area contributed by atoms with E-state index >= 15 is 0 Å². The van der Waals surface area contributed by atoms with Crippen LogP contribution in [0.15, 0.2) is 28.7 Å². The Morgan fingerprint density at radius 2 is 2.12 bits per heavy atom. The minimum Gasteiger partial charge on any atom is -0.383 e. The lowest BCUT2D eigenvalue weighted by molar-refractivity contribution is 0.182. The summed E-state index contributed by atoms with van der Waals surface area (Å²) in [5, 5.41) is 3.49. The first-order chi connectivity index (χ1) is 8.09. The average molecular weight is 297 g/mol. The predicted octanol–water partition coefficient (Wildman–Crippen LogP) is 3.74. The highest BCUT2D eigenvalue weighted by Gasteiger charge is 2.30. The molecule has 0 spiro atoms. The molecular weight excluding hydrogens is 276 g/mol. The second kappa shape index (κ2) is 5.40. The summed E-state index contributed by atoms with van der Waals surface area (Å²) in [5.41, 5.74) is 1.57. The number of halogens is 1. The molecule has 0 amide bonds. The highest BCUT2D eigenvalue weighted by molar-refractivity contribution is 9.10. The second-order valence-corrected chi connectivity index (χ2v) is 6.16. The fraction of sp³-hybridized carbons (Fsp3) is 0.571. The van der Waals surface area contributed by atoms with Crippen molar-refractivity contribution in [3.05, 3.63) is 28.7 Å². The Labute approximate surface area is 113 Å². The summed E-state index contributed by atoms with van der Waals surface area (Å²) in [6, 6.07) is 8.28. The van der Waals surface area contributed by atoms with Gasteiger partial charge < -0.3 is 5.32 Å². The molecule has 3 heteroatoms. The van der Waals surface area contributed by atoms with Crippen molar-refractivity contribution in [1.82, 2.24) is 4.90 Å². The molecule has 1 aliphatic rings. The van der Waals surface area contributed by atoms with Crippen molar-refractivity contribution in [3.8, 4) is 0 Å². The molecule has 0 aliphatic carbocycles. The van der Waals surface area contributed by atoms with Gasteiger partial charge >= 0.3 is 0 Å². The van der Waals surface area contributed by atoms with Crippen molar-refractivity contribution in [2.75, 3.05) is 25.0 Å². The zero-order valence-electron chi connectivity index (χ0n) is 10.7. The Morgan fingerprint density at radius 3 is 2.76 bits per heavy atom. The van der Waals surface area contributed by atoms with Gasteiger partial charge in [0.25, 0.3) is 0 Å². The summed E-state index contributed by atoms with van der Waals surface area (Å²) in [5.74, 6) is 0. The third-order valence-corrected chi connectivity index (χ3v) is 4.34. The summed E-state index contributed by atoms with van der Waals surface area (Å²) in [7, 11) is 0. The zero-order chi connectivity index (χ0) is 12.3. The van der Waals surface area contributed by atoms with E-state index in [2.05, 4.69) is 58.2 Å². The van der Waals surface area contributed by atoms with Crippen molar-refractivity contribution >= 4 is 21.6 Å². The third kappa shape index (κ3) is 3.23. The molecule has 17 heavy (non-hydrogen) atoms. The van der Waals surface area contributed by atoms with Gasteiger partial charge in [-0.2, -0.15) is 0 Å². The van der Waals surface area contributed by atoms with Crippen LogP contribution < -0.4 is 5.32 Å². The van der Waals surface area contributed by atoms with Crippen LogP contribution in [0.4, 0.5) is 5.69 Å². The van der Waals surface area contributed by atoms with Crippen molar-refractivity contribution in [3.63, 3.8) is 0 Å². The van der Waals surface area contributed by atoms with Crippen molar-refractivity contribution in [1.29, 1.82) is 0 Å². The molecule has 1 saturated heterocycles. The quantitative estimate of drug-likeness (QED) is 0.911. The van der Waals surface area contributed by atoms with Crippen molar-refractivity contribution in [2.45, 2.75) is 32.2 Å². The Kier molecular flexibility index (Phi) is 4.10. The fourth-order valence-electron chi connectivity index (χ4n) is 2.51. The van der Waals surface area contributed by atoms with E-state index in [4.69, 9.17) is 0 Å². The van der Waals surface area contributed by atoms with Crippen LogP contribution in [0, 0.1) is 0 Å². The molecule has 1 aromatic carbocycles. The van der Waals surface area contributed by atoms with Crippen LogP contribution in [0.2, 0.25) is 0 Å². The molecule has 0 radical (unpaired) electrons. The molecule has 1 fully saturated rings. The van der Waals surface area contributed by atoms with Gasteiger partial charge in [0.2, 0.25) is 0 Å². The number of benzene rings is 1. The standard InChI is InChI=1S/C14H21BrN2/c1-14(2)8-5-10-17(14)11-9-16-13-7-4-3-6-12(13)15/h3-4,6-7,16H,5,8-11H2,1-2H3. The summed E-state index contributed by atoms with van der Waals surface area (Å²) in [6.07, 6.45) is 2.66. The maximum absolute atomic E-state index is 3.56. The van der Waals surface area contributed by atoms with Crippen LogP contribution >= 0.6 is 15.9 Å². The molecule has 0 bridgehead atoms. The van der Waals surface area contributed by atoms with Gasteiger partial charge in [-0.1, -0.05) is 12.1 Å². The molecule has 0 aromatic heterocycles. The lowest BCUT2D eigenvalue weighted by Crippen LogP contribution is -2.40. The van der Waals surface area contributed by atoms with Gasteiger partial charge in [0.1, 0.15) is 0 Å². The molecule has 0 saturated carbocycles. The molecule has 0 unspecified atom stereocenters. The topological polar surface area (TPSA) is 15.3 Å². The third-order valence-electron chi connectivity index (χ3n) is 3.64. The van der Waals surface area contributed by atoms with Gasteiger partial charge in [0, 0.05) is 28.8 Å². The number of nitrogens with zero attached hydrogens (tertiary/aromatic N) is 1. The first-order valence-corrected chi connectivity index (χ1v) is 7.12. The first-order valence-electron chi connectivity index (χ1n) is 6.33. The van der Waals surface area contributed by atoms with Gasteiger partial charge in [-0.05, 0) is 61.3 Å². The smallest absolute Gasteiger partial charge is 0.0485 e. The molecule has 0 atom stereocenters. The molecule has 1 aliphatic heterocycles. The number of hydrogen-bond donors (Lipinski definition) is 1. The molecule has 1 heterocycles. The maximum atomic E-state index is 3.56. The zero-order valence-corrected chi connectivity index (χ0v) is 12.3. The second-order valence-electron chi connectivity index (χ2n) is 5.31. The highest BCUT2D eigenvalue weighted by atomic mass is 79.9. The monoisotopic (exact) mass is 296 g/mol. The molecule has 2 nitrogen and oxygen atoms in total. The SMILES string of the molecule is CC1(C)CCCN1CCNc1ccccc1Br. The van der Waals surface area contributed by atoms with Gasteiger partial charge in [-0.15, -0.1) is 0 Å². The molecule has 2 rings (SSSR count). The number of hydrogen-bond acceptors (Lipinski definition) is 2. The Morgan fingerprint density at radius 1 is 1.35 bits per heavy atom. The van der Waals surface area contributed by atoms with Gasteiger partial charge in [0.05, 0.1) is 0 Å². The molecule has 1 N–H and O–H groups in total. The summed E-state index contributed by atoms with van der Waals surface area (Å²) in [4.78, 5) is 2.58. The van der Waals surface area contributed by atoms with Crippen LogP contribution in [0.3, 0.4) is 0 Å². The van der Waals surface area contributed by atoms with E-state index in [1.165, 1.54) is 25.1 Å². The lowest BCUT2D eigenvalue weighted by atomic mass is 10.0. The van der Waals surface area contributed by atoms with Crippen LogP contribution in [-0.2, 0) is 0 Å². The van der Waals surface area contributed by atoms with Gasteiger partial charge in [-0.3, -0.25) is 4.90 Å². The van der Waals surface area contributed by atoms with Crippen LogP contribution in [-0.4, -0.2) is 30.1 Å².